The highest BCUT2D eigenvalue weighted by Gasteiger charge is 2.41. The molecule has 1 atom stereocenters. The number of rotatable bonds is 4. The quantitative estimate of drug-likeness (QED) is 0.928. The molecule has 1 spiro atoms. The van der Waals surface area contributed by atoms with Gasteiger partial charge in [-0.05, 0) is 18.4 Å². The van der Waals surface area contributed by atoms with Crippen LogP contribution in [0.3, 0.4) is 0 Å². The van der Waals surface area contributed by atoms with Crippen molar-refractivity contribution >= 4 is 6.03 Å². The highest BCUT2D eigenvalue weighted by Crippen LogP contribution is 2.42. The minimum absolute atomic E-state index is 0.0207. The number of amides is 2. The highest BCUT2D eigenvalue weighted by atomic mass is 16.5. The molecule has 126 valence electrons. The third kappa shape index (κ3) is 3.85. The molecule has 0 aromatic heterocycles. The second-order valence-corrected chi connectivity index (χ2v) is 6.70. The van der Waals surface area contributed by atoms with Gasteiger partial charge in [0.05, 0.1) is 25.9 Å². The van der Waals surface area contributed by atoms with E-state index in [4.69, 9.17) is 9.47 Å². The fourth-order valence-electron chi connectivity index (χ4n) is 3.46. The Labute approximate surface area is 137 Å². The van der Waals surface area contributed by atoms with Gasteiger partial charge in [0.25, 0.3) is 0 Å². The Morgan fingerprint density at radius 1 is 1.39 bits per heavy atom. The lowest BCUT2D eigenvalue weighted by molar-refractivity contribution is 0.0125. The summed E-state index contributed by atoms with van der Waals surface area (Å²) in [5, 5.41) is 3.12. The second-order valence-electron chi connectivity index (χ2n) is 6.70. The van der Waals surface area contributed by atoms with E-state index in [1.165, 1.54) is 6.42 Å². The molecule has 1 aliphatic carbocycles. The fraction of sp³-hybridized carbons (Fsp3) is 0.611. The molecule has 0 radical (unpaired) electrons. The van der Waals surface area contributed by atoms with Gasteiger partial charge in [0.15, 0.2) is 0 Å². The van der Waals surface area contributed by atoms with Crippen LogP contribution >= 0.6 is 0 Å². The first-order valence-corrected chi connectivity index (χ1v) is 8.39. The Hall–Kier alpha value is -1.59. The van der Waals surface area contributed by atoms with Gasteiger partial charge < -0.3 is 19.7 Å². The zero-order chi connectivity index (χ0) is 16.1. The average Bonchev–Trinajstić information content (AvgIpc) is 2.78. The largest absolute Gasteiger partial charge is 0.382 e. The van der Waals surface area contributed by atoms with E-state index in [2.05, 4.69) is 5.32 Å². The fourth-order valence-corrected chi connectivity index (χ4v) is 3.46. The Bertz CT molecular complexity index is 516. The van der Waals surface area contributed by atoms with E-state index >= 15 is 0 Å². The number of ether oxygens (including phenoxy) is 2. The van der Waals surface area contributed by atoms with Gasteiger partial charge in [0.1, 0.15) is 0 Å². The Morgan fingerprint density at radius 3 is 2.83 bits per heavy atom. The monoisotopic (exact) mass is 318 g/mol. The van der Waals surface area contributed by atoms with Crippen molar-refractivity contribution in [1.29, 1.82) is 0 Å². The zero-order valence-corrected chi connectivity index (χ0v) is 13.8. The predicted octanol–water partition coefficient (Wildman–Crippen LogP) is 2.59. The minimum Gasteiger partial charge on any atom is -0.382 e. The number of carbonyl (C=O) groups excluding carboxylic acids is 1. The molecule has 0 bridgehead atoms. The first-order valence-electron chi connectivity index (χ1n) is 8.39. The maximum absolute atomic E-state index is 12.7. The van der Waals surface area contributed by atoms with Crippen molar-refractivity contribution in [2.75, 3.05) is 40.0 Å². The van der Waals surface area contributed by atoms with Crippen LogP contribution in [0.4, 0.5) is 4.79 Å². The van der Waals surface area contributed by atoms with E-state index < -0.39 is 0 Å². The van der Waals surface area contributed by atoms with Gasteiger partial charge in [-0.2, -0.15) is 0 Å². The van der Waals surface area contributed by atoms with Crippen molar-refractivity contribution in [3.05, 3.63) is 35.9 Å². The molecule has 1 aromatic rings. The molecule has 2 aliphatic rings. The van der Waals surface area contributed by atoms with Crippen LogP contribution in [0.25, 0.3) is 0 Å². The molecule has 23 heavy (non-hydrogen) atoms. The average molecular weight is 318 g/mol. The summed E-state index contributed by atoms with van der Waals surface area (Å²) in [7, 11) is 1.66. The summed E-state index contributed by atoms with van der Waals surface area (Å²) in [5.74, 6) is 0. The molecule has 5 heteroatoms. The number of hydrogen-bond donors (Lipinski definition) is 1. The summed E-state index contributed by atoms with van der Waals surface area (Å²) in [4.78, 5) is 14.7. The van der Waals surface area contributed by atoms with E-state index in [9.17, 15) is 4.79 Å². The van der Waals surface area contributed by atoms with Crippen LogP contribution < -0.4 is 5.32 Å². The molecule has 1 saturated heterocycles. The number of hydrogen-bond acceptors (Lipinski definition) is 3. The second kappa shape index (κ2) is 7.32. The van der Waals surface area contributed by atoms with Gasteiger partial charge in [0.2, 0.25) is 0 Å². The molecule has 1 aliphatic heterocycles. The third-order valence-corrected chi connectivity index (χ3v) is 4.97. The van der Waals surface area contributed by atoms with Crippen LogP contribution in [0.2, 0.25) is 0 Å². The van der Waals surface area contributed by atoms with Crippen LogP contribution in [0, 0.1) is 5.41 Å². The van der Waals surface area contributed by atoms with Gasteiger partial charge in [-0.15, -0.1) is 0 Å². The summed E-state index contributed by atoms with van der Waals surface area (Å²) in [5.41, 5.74) is 1.25. The molecule has 3 rings (SSSR count). The van der Waals surface area contributed by atoms with E-state index in [0.717, 1.165) is 31.6 Å². The molecule has 1 N–H and O–H groups in total. The Morgan fingerprint density at radius 2 is 2.17 bits per heavy atom. The lowest BCUT2D eigenvalue weighted by atomic mass is 9.69. The molecular formula is C18H26N2O3. The van der Waals surface area contributed by atoms with Gasteiger partial charge in [0, 0.05) is 25.6 Å². The number of nitrogens with one attached hydrogen (secondary N) is 1. The van der Waals surface area contributed by atoms with E-state index in [1.807, 2.05) is 35.2 Å². The third-order valence-electron chi connectivity index (χ3n) is 4.97. The van der Waals surface area contributed by atoms with Crippen molar-refractivity contribution in [2.45, 2.75) is 25.3 Å². The summed E-state index contributed by atoms with van der Waals surface area (Å²) >= 11 is 0. The number of nitrogens with zero attached hydrogens (tertiary/aromatic N) is 1. The summed E-state index contributed by atoms with van der Waals surface area (Å²) < 4.78 is 11.0. The lowest BCUT2D eigenvalue weighted by Gasteiger charge is -2.42. The van der Waals surface area contributed by atoms with Crippen molar-refractivity contribution in [1.82, 2.24) is 10.2 Å². The highest BCUT2D eigenvalue weighted by molar-refractivity contribution is 5.75. The van der Waals surface area contributed by atoms with E-state index in [-0.39, 0.29) is 17.5 Å². The zero-order valence-electron chi connectivity index (χ0n) is 13.8. The molecule has 1 saturated carbocycles. The van der Waals surface area contributed by atoms with Gasteiger partial charge in [-0.3, -0.25) is 0 Å². The van der Waals surface area contributed by atoms with Crippen LogP contribution in [-0.4, -0.2) is 51.0 Å². The number of benzene rings is 1. The maximum atomic E-state index is 12.7. The molecule has 1 unspecified atom stereocenters. The minimum atomic E-state index is -0.129. The molecule has 1 aromatic carbocycles. The standard InChI is InChI=1S/C18H26N2O3/c1-22-12-16(15-6-3-2-4-7-15)19-17(21)20-10-11-23-14-18(13-20)8-5-9-18/h2-4,6-7,16H,5,8-14H2,1H3,(H,19,21). The molecule has 5 nitrogen and oxygen atoms in total. The molecule has 1 heterocycles. The predicted molar refractivity (Wildman–Crippen MR) is 88.3 cm³/mol. The summed E-state index contributed by atoms with van der Waals surface area (Å²) in [6.45, 7) is 3.33. The summed E-state index contributed by atoms with van der Waals surface area (Å²) in [6.07, 6.45) is 3.57. The van der Waals surface area contributed by atoms with Crippen LogP contribution in [0.15, 0.2) is 30.3 Å². The Balaban J connectivity index is 1.66. The van der Waals surface area contributed by atoms with Gasteiger partial charge in [-0.25, -0.2) is 4.79 Å². The molecule has 2 fully saturated rings. The molecule has 2 amide bonds. The van der Waals surface area contributed by atoms with Crippen molar-refractivity contribution < 1.29 is 14.3 Å². The van der Waals surface area contributed by atoms with E-state index in [0.29, 0.717) is 19.8 Å². The Kier molecular flexibility index (Phi) is 5.18. The van der Waals surface area contributed by atoms with Crippen molar-refractivity contribution in [3.63, 3.8) is 0 Å². The van der Waals surface area contributed by atoms with Crippen LogP contribution in [0.1, 0.15) is 30.9 Å². The van der Waals surface area contributed by atoms with Gasteiger partial charge in [-0.1, -0.05) is 36.8 Å². The van der Waals surface area contributed by atoms with Crippen LogP contribution in [-0.2, 0) is 9.47 Å². The summed E-state index contributed by atoms with van der Waals surface area (Å²) in [6, 6.07) is 9.82. The topological polar surface area (TPSA) is 50.8 Å². The first kappa shape index (κ1) is 16.3. The van der Waals surface area contributed by atoms with Gasteiger partial charge >= 0.3 is 6.03 Å². The maximum Gasteiger partial charge on any atom is 0.318 e. The van der Waals surface area contributed by atoms with Crippen molar-refractivity contribution in [2.24, 2.45) is 5.41 Å². The normalized spacial score (nSPS) is 21.3. The smallest absolute Gasteiger partial charge is 0.318 e. The SMILES string of the molecule is COCC(NC(=O)N1CCOCC2(CCC2)C1)c1ccccc1. The number of carbonyl (C=O) groups is 1. The van der Waals surface area contributed by atoms with Crippen LogP contribution in [0.5, 0.6) is 0 Å². The molecular weight excluding hydrogens is 292 g/mol. The number of urea groups is 1. The first-order chi connectivity index (χ1) is 11.2. The lowest BCUT2D eigenvalue weighted by Crippen LogP contribution is -2.49. The number of methoxy groups -OCH3 is 1. The van der Waals surface area contributed by atoms with E-state index in [1.54, 1.807) is 7.11 Å². The van der Waals surface area contributed by atoms with Crippen molar-refractivity contribution in [3.8, 4) is 0 Å².